The highest BCUT2D eigenvalue weighted by molar-refractivity contribution is 6.47. The van der Waals surface area contributed by atoms with Crippen molar-refractivity contribution in [2.45, 2.75) is 55.4 Å². The van der Waals surface area contributed by atoms with Gasteiger partial charge in [-0.05, 0) is 190 Å². The molecular weight excluding hydrogens is 869 g/mol. The highest BCUT2D eigenvalue weighted by atomic mass is 15.2. The van der Waals surface area contributed by atoms with Crippen LogP contribution in [0.3, 0.4) is 0 Å². The molecule has 0 unspecified atom stereocenters. The molecule has 0 bridgehead atoms. The minimum Gasteiger partial charge on any atom is -0.309 e. The lowest BCUT2D eigenvalue weighted by molar-refractivity contribution is 1.22. The third kappa shape index (κ3) is 6.55. The van der Waals surface area contributed by atoms with E-state index in [0.717, 1.165) is 0 Å². The van der Waals surface area contributed by atoms with E-state index in [1.165, 1.54) is 166 Å². The van der Waals surface area contributed by atoms with Crippen LogP contribution in [0.5, 0.6) is 0 Å². The molecule has 0 N–H and O–H groups in total. The zero-order valence-corrected chi connectivity index (χ0v) is 42.4. The summed E-state index contributed by atoms with van der Waals surface area (Å²) >= 11 is 0. The van der Waals surface area contributed by atoms with E-state index in [9.17, 15) is 0 Å². The van der Waals surface area contributed by atoms with Crippen molar-refractivity contribution in [3.8, 4) is 22.3 Å². The van der Waals surface area contributed by atoms with Gasteiger partial charge >= 0.3 is 0 Å². The number of nitrogens with zero attached hydrogens (tertiary/aromatic N) is 2. The van der Waals surface area contributed by atoms with E-state index in [2.05, 4.69) is 259 Å². The zero-order chi connectivity index (χ0) is 49.1. The number of rotatable bonds is 8. The third-order valence-electron chi connectivity index (χ3n) is 15.6. The van der Waals surface area contributed by atoms with Gasteiger partial charge in [-0.3, -0.25) is 0 Å². The summed E-state index contributed by atoms with van der Waals surface area (Å²) in [6, 6.07) is 73.7. The van der Waals surface area contributed by atoms with Crippen LogP contribution in [0.1, 0.15) is 44.5 Å². The maximum absolute atomic E-state index is 2.51. The maximum atomic E-state index is 2.51. The van der Waals surface area contributed by atoms with Gasteiger partial charge in [0, 0.05) is 33.5 Å². The molecule has 0 atom stereocenters. The Labute approximate surface area is 422 Å². The van der Waals surface area contributed by atoms with E-state index in [1.54, 1.807) is 0 Å². The van der Waals surface area contributed by atoms with Crippen LogP contribution in [0.2, 0.25) is 0 Å². The molecule has 0 aromatic heterocycles. The minimum atomic E-state index is 1.18. The normalized spacial score (nSPS) is 11.9. The number of anilines is 6. The average molecular weight is 925 g/mol. The van der Waals surface area contributed by atoms with Gasteiger partial charge in [-0.25, -0.2) is 0 Å². The van der Waals surface area contributed by atoms with Gasteiger partial charge in [0.2, 0.25) is 0 Å². The minimum absolute atomic E-state index is 1.18. The Bertz CT molecular complexity index is 3860. The van der Waals surface area contributed by atoms with Crippen LogP contribution in [0, 0.1) is 55.4 Å². The lowest BCUT2D eigenvalue weighted by Crippen LogP contribution is -2.13. The molecule has 13 rings (SSSR count). The molecule has 0 amide bonds. The van der Waals surface area contributed by atoms with Crippen LogP contribution in [0.15, 0.2) is 194 Å². The Hall–Kier alpha value is -8.46. The molecule has 0 heterocycles. The van der Waals surface area contributed by atoms with E-state index in [1.807, 2.05) is 0 Å². The summed E-state index contributed by atoms with van der Waals surface area (Å²) in [5.41, 5.74) is 22.2. The van der Waals surface area contributed by atoms with Crippen molar-refractivity contribution in [1.29, 1.82) is 0 Å². The Morgan fingerprint density at radius 2 is 0.500 bits per heavy atom. The SMILES string of the molecule is Cc1ccc(N(c2ccc(C)cc2C)c2ccc3c4c(-c5ccccc5)c5c6ccc(N(c7ccc(C)cc7C)c7ccc(C)cc7C)c7cccc(c5c(-c5ccccc5)c4c4cccc2c43)c76)c(C)c1. The Morgan fingerprint density at radius 3 is 0.806 bits per heavy atom. The first kappa shape index (κ1) is 43.6. The van der Waals surface area contributed by atoms with Crippen LogP contribution in [0.4, 0.5) is 34.1 Å². The average Bonchev–Trinajstić information content (AvgIpc) is 3.89. The first-order valence-electron chi connectivity index (χ1n) is 25.4. The highest BCUT2D eigenvalue weighted by Crippen LogP contribution is 2.58. The second kappa shape index (κ2) is 16.6. The summed E-state index contributed by atoms with van der Waals surface area (Å²) < 4.78 is 0. The van der Waals surface area contributed by atoms with Gasteiger partial charge in [-0.1, -0.05) is 180 Å². The highest BCUT2D eigenvalue weighted by Gasteiger charge is 2.30. The molecule has 72 heavy (non-hydrogen) atoms. The Morgan fingerprint density at radius 1 is 0.222 bits per heavy atom. The van der Waals surface area contributed by atoms with Crippen molar-refractivity contribution in [1.82, 2.24) is 0 Å². The molecule has 0 saturated carbocycles. The van der Waals surface area contributed by atoms with Crippen LogP contribution < -0.4 is 9.80 Å². The van der Waals surface area contributed by atoms with Crippen molar-refractivity contribution in [3.63, 3.8) is 0 Å². The maximum Gasteiger partial charge on any atom is 0.0540 e. The first-order chi connectivity index (χ1) is 35.0. The second-order valence-electron chi connectivity index (χ2n) is 20.5. The molecule has 2 heteroatoms. The van der Waals surface area contributed by atoms with Crippen molar-refractivity contribution < 1.29 is 0 Å². The lowest BCUT2D eigenvalue weighted by Gasteiger charge is -2.30. The molecule has 0 fully saturated rings. The van der Waals surface area contributed by atoms with Gasteiger partial charge in [-0.15, -0.1) is 0 Å². The lowest BCUT2D eigenvalue weighted by atomic mass is 9.87. The number of fused-ring (bicyclic) bond motifs is 6. The van der Waals surface area contributed by atoms with Crippen molar-refractivity contribution >= 4 is 98.8 Å². The summed E-state index contributed by atoms with van der Waals surface area (Å²) in [5.74, 6) is 0. The summed E-state index contributed by atoms with van der Waals surface area (Å²) in [6.45, 7) is 17.7. The van der Waals surface area contributed by atoms with E-state index in [-0.39, 0.29) is 0 Å². The molecular formula is C70H56N2. The van der Waals surface area contributed by atoms with E-state index >= 15 is 0 Å². The van der Waals surface area contributed by atoms with Gasteiger partial charge in [0.25, 0.3) is 0 Å². The fourth-order valence-corrected chi connectivity index (χ4v) is 12.6. The number of benzene rings is 11. The number of hydrogen-bond acceptors (Lipinski definition) is 2. The molecule has 0 aliphatic carbocycles. The van der Waals surface area contributed by atoms with Crippen LogP contribution in [-0.2, 0) is 0 Å². The van der Waals surface area contributed by atoms with E-state index < -0.39 is 0 Å². The van der Waals surface area contributed by atoms with Crippen molar-refractivity contribution in [2.24, 2.45) is 0 Å². The summed E-state index contributed by atoms with van der Waals surface area (Å²) in [5, 5.41) is 15.4. The zero-order valence-electron chi connectivity index (χ0n) is 42.4. The second-order valence-corrected chi connectivity index (χ2v) is 20.5. The molecule has 0 saturated heterocycles. The van der Waals surface area contributed by atoms with Gasteiger partial charge < -0.3 is 9.80 Å². The molecule has 0 aliphatic rings. The number of hydrogen-bond donors (Lipinski definition) is 0. The Balaban J connectivity index is 1.19. The summed E-state index contributed by atoms with van der Waals surface area (Å²) in [6.07, 6.45) is 0. The third-order valence-corrected chi connectivity index (χ3v) is 15.6. The quantitative estimate of drug-likeness (QED) is 0.150. The smallest absolute Gasteiger partial charge is 0.0540 e. The number of aryl methyl sites for hydroxylation is 8. The molecule has 13 aromatic carbocycles. The molecule has 2 nitrogen and oxygen atoms in total. The summed E-state index contributed by atoms with van der Waals surface area (Å²) in [7, 11) is 0. The predicted octanol–water partition coefficient (Wildman–Crippen LogP) is 20.2. The van der Waals surface area contributed by atoms with Crippen molar-refractivity contribution in [3.05, 3.63) is 239 Å². The molecule has 346 valence electrons. The van der Waals surface area contributed by atoms with Crippen LogP contribution in [0.25, 0.3) is 86.9 Å². The molecule has 0 radical (unpaired) electrons. The standard InChI is InChI=1S/C70H56N2/c1-41-25-31-57(45(5)37-41)71(58-32-26-42(2)38-46(58)6)61-35-29-55-65-51(61)21-15-23-53(65)67-63(49-17-11-9-12-18-49)68-54-24-16-22-52-62(36-30-56(66(52)54)70(68)64(69(55)67)50-19-13-10-14-20-50)72(59-33-27-43(3)39-47(59)7)60-34-28-44(4)40-48(60)8/h9-40H,1-8H3. The van der Waals surface area contributed by atoms with Crippen molar-refractivity contribution in [2.75, 3.05) is 9.80 Å². The first-order valence-corrected chi connectivity index (χ1v) is 25.4. The summed E-state index contributed by atoms with van der Waals surface area (Å²) in [4.78, 5) is 5.03. The Kier molecular flexibility index (Phi) is 10.0. The van der Waals surface area contributed by atoms with Gasteiger partial charge in [0.05, 0.1) is 11.4 Å². The van der Waals surface area contributed by atoms with Crippen LogP contribution in [-0.4, -0.2) is 0 Å². The molecule has 13 aromatic rings. The molecule has 0 spiro atoms. The van der Waals surface area contributed by atoms with E-state index in [4.69, 9.17) is 0 Å². The van der Waals surface area contributed by atoms with Gasteiger partial charge in [0.15, 0.2) is 0 Å². The van der Waals surface area contributed by atoms with Crippen LogP contribution >= 0.6 is 0 Å². The van der Waals surface area contributed by atoms with E-state index in [0.29, 0.717) is 0 Å². The fourth-order valence-electron chi connectivity index (χ4n) is 12.6. The predicted molar refractivity (Wildman–Crippen MR) is 312 cm³/mol. The van der Waals surface area contributed by atoms with Gasteiger partial charge in [-0.2, -0.15) is 0 Å². The largest absolute Gasteiger partial charge is 0.309 e. The topological polar surface area (TPSA) is 6.48 Å². The fraction of sp³-hybridized carbons (Fsp3) is 0.114. The van der Waals surface area contributed by atoms with Gasteiger partial charge in [0.1, 0.15) is 0 Å². The monoisotopic (exact) mass is 924 g/mol. The molecule has 0 aliphatic heterocycles.